The summed E-state index contributed by atoms with van der Waals surface area (Å²) in [5, 5.41) is 5.72. The SMILES string of the molecule is Cc1ccccc1-c1ccc2c(c1)oc1c3c(ccc12)C1(c2ccccc2-c2cc(C)c([Si](C)(C)C)c[n+]21)[n+]1c-3n(-c2ccc3ccccc3c2)c2c(F)cccc21. The molecule has 278 valence electrons. The Labute approximate surface area is 336 Å². The molecule has 2 aliphatic heterocycles. The lowest BCUT2D eigenvalue weighted by Crippen LogP contribution is -2.72. The molecule has 3 aromatic heterocycles. The highest BCUT2D eigenvalue weighted by Crippen LogP contribution is 2.52. The second-order valence-electron chi connectivity index (χ2n) is 17.2. The number of hydrogen-bond donors (Lipinski definition) is 0. The van der Waals surface area contributed by atoms with Crippen LogP contribution >= 0.6 is 0 Å². The minimum atomic E-state index is -1.83. The summed E-state index contributed by atoms with van der Waals surface area (Å²) < 4.78 is 31.3. The maximum Gasteiger partial charge on any atom is 0.364 e. The lowest BCUT2D eigenvalue weighted by atomic mass is 9.88. The van der Waals surface area contributed by atoms with Crippen LogP contribution in [0.1, 0.15) is 22.3 Å². The van der Waals surface area contributed by atoms with Crippen molar-refractivity contribution in [1.82, 2.24) is 4.57 Å². The van der Waals surface area contributed by atoms with E-state index in [4.69, 9.17) is 4.42 Å². The van der Waals surface area contributed by atoms with Crippen LogP contribution < -0.4 is 14.3 Å². The van der Waals surface area contributed by atoms with E-state index in [2.05, 4.69) is 187 Å². The zero-order chi connectivity index (χ0) is 39.2. The summed E-state index contributed by atoms with van der Waals surface area (Å²) in [6.45, 7) is 11.7. The second kappa shape index (κ2) is 11.5. The number of aromatic nitrogens is 3. The van der Waals surface area contributed by atoms with E-state index in [1.165, 1.54) is 27.4 Å². The zero-order valence-corrected chi connectivity index (χ0v) is 34.1. The lowest BCUT2D eigenvalue weighted by Gasteiger charge is -2.23. The molecule has 0 bridgehead atoms. The summed E-state index contributed by atoms with van der Waals surface area (Å²) in [7, 11) is -1.83. The van der Waals surface area contributed by atoms with Gasteiger partial charge in [0.2, 0.25) is 11.2 Å². The first kappa shape index (κ1) is 33.5. The fourth-order valence-corrected chi connectivity index (χ4v) is 12.2. The fraction of sp³-hybridized carbons (Fsp3) is 0.115. The third kappa shape index (κ3) is 4.22. The van der Waals surface area contributed by atoms with Crippen LogP contribution in [0.25, 0.3) is 83.2 Å². The summed E-state index contributed by atoms with van der Waals surface area (Å²) in [5.41, 5.74) is 13.4. The van der Waals surface area contributed by atoms with Gasteiger partial charge in [0.05, 0.1) is 24.8 Å². The number of furan rings is 1. The number of para-hydroxylation sites is 1. The van der Waals surface area contributed by atoms with E-state index in [1.54, 1.807) is 6.07 Å². The first-order valence-electron chi connectivity index (χ1n) is 20.1. The molecule has 0 N–H and O–H groups in total. The summed E-state index contributed by atoms with van der Waals surface area (Å²) in [6, 6.07) is 51.2. The molecule has 58 heavy (non-hydrogen) atoms. The molecule has 7 aromatic carbocycles. The highest BCUT2D eigenvalue weighted by molar-refractivity contribution is 6.88. The Morgan fingerprint density at radius 1 is 0.655 bits per heavy atom. The molecule has 0 fully saturated rings. The largest absolute Gasteiger partial charge is 0.455 e. The number of benzene rings is 7. The van der Waals surface area contributed by atoms with Crippen LogP contribution in [0.5, 0.6) is 0 Å². The molecule has 0 saturated carbocycles. The molecule has 1 atom stereocenters. The highest BCUT2D eigenvalue weighted by Gasteiger charge is 2.67. The van der Waals surface area contributed by atoms with Crippen molar-refractivity contribution in [3.05, 3.63) is 180 Å². The van der Waals surface area contributed by atoms with Crippen molar-refractivity contribution in [1.29, 1.82) is 0 Å². The van der Waals surface area contributed by atoms with Gasteiger partial charge < -0.3 is 4.42 Å². The van der Waals surface area contributed by atoms with Gasteiger partial charge in [-0.05, 0) is 108 Å². The van der Waals surface area contributed by atoms with Crippen LogP contribution in [0.2, 0.25) is 19.6 Å². The molecule has 6 heteroatoms. The average Bonchev–Trinajstić information content (AvgIpc) is 3.93. The summed E-state index contributed by atoms with van der Waals surface area (Å²) >= 11 is 0. The van der Waals surface area contributed by atoms with Crippen LogP contribution in [-0.2, 0) is 5.66 Å². The molecule has 12 rings (SSSR count). The van der Waals surface area contributed by atoms with Crippen LogP contribution in [0.15, 0.2) is 156 Å². The second-order valence-corrected chi connectivity index (χ2v) is 22.3. The van der Waals surface area contributed by atoms with E-state index >= 15 is 4.39 Å². The van der Waals surface area contributed by atoms with Crippen molar-refractivity contribution in [3.63, 3.8) is 0 Å². The topological polar surface area (TPSA) is 25.8 Å². The number of nitrogens with zero attached hydrogens (tertiary/aromatic N) is 3. The van der Waals surface area contributed by atoms with Crippen molar-refractivity contribution in [2.75, 3.05) is 0 Å². The molecule has 4 nitrogen and oxygen atoms in total. The molecule has 10 aromatic rings. The summed E-state index contributed by atoms with van der Waals surface area (Å²) in [5.74, 6) is 0.617. The van der Waals surface area contributed by atoms with E-state index in [9.17, 15) is 0 Å². The Kier molecular flexibility index (Phi) is 6.64. The van der Waals surface area contributed by atoms with Gasteiger partial charge in [-0.15, -0.1) is 9.13 Å². The Morgan fingerprint density at radius 3 is 2.24 bits per heavy atom. The van der Waals surface area contributed by atoms with E-state index in [1.807, 2.05) is 6.07 Å². The smallest absolute Gasteiger partial charge is 0.364 e. The highest BCUT2D eigenvalue weighted by atomic mass is 28.3. The number of imidazole rings is 1. The van der Waals surface area contributed by atoms with Crippen LogP contribution in [0.4, 0.5) is 4.39 Å². The number of halogens is 1. The predicted octanol–water partition coefficient (Wildman–Crippen LogP) is 11.5. The van der Waals surface area contributed by atoms with Crippen LogP contribution in [-0.4, -0.2) is 12.6 Å². The van der Waals surface area contributed by atoms with Crippen molar-refractivity contribution in [2.24, 2.45) is 0 Å². The van der Waals surface area contributed by atoms with Crippen LogP contribution in [0.3, 0.4) is 0 Å². The van der Waals surface area contributed by atoms with Crippen LogP contribution in [0, 0.1) is 19.7 Å². The first-order valence-corrected chi connectivity index (χ1v) is 23.6. The number of rotatable bonds is 3. The van der Waals surface area contributed by atoms with Gasteiger partial charge in [-0.1, -0.05) is 98.5 Å². The molecular formula is C52H40FN3OSi+2. The molecule has 0 radical (unpaired) electrons. The fourth-order valence-electron chi connectivity index (χ4n) is 10.4. The van der Waals surface area contributed by atoms with Crippen molar-refractivity contribution < 1.29 is 17.9 Å². The van der Waals surface area contributed by atoms with Crippen molar-refractivity contribution >= 4 is 57.0 Å². The predicted molar refractivity (Wildman–Crippen MR) is 235 cm³/mol. The van der Waals surface area contributed by atoms with Gasteiger partial charge in [0, 0.05) is 22.0 Å². The normalized spacial score (nSPS) is 15.5. The average molecular weight is 770 g/mol. The standard InChI is InChI=1S/C52H40FN3OSi/c1-31-13-6-9-16-37(31)35-22-24-38-39-25-26-42-48(50(39)57-46(38)29-35)51-55(36-23-21-33-14-7-8-15-34(33)28-36)49-43(53)19-12-20-44(49)56(51)52(42)41-18-11-10-17-40(41)45-27-32(2)47(30-54(45)52)58(3,4)5/h6-30H,1-5H3/q+2. The minimum absolute atomic E-state index is 0.271. The molecule has 1 unspecified atom stereocenters. The van der Waals surface area contributed by atoms with E-state index in [0.29, 0.717) is 5.52 Å². The Bertz CT molecular complexity index is 3440. The number of aryl methyl sites for hydroxylation is 2. The third-order valence-corrected chi connectivity index (χ3v) is 15.0. The number of fused-ring (bicyclic) bond motifs is 17. The van der Waals surface area contributed by atoms with Crippen molar-refractivity contribution in [3.8, 4) is 39.5 Å². The zero-order valence-electron chi connectivity index (χ0n) is 33.1. The summed E-state index contributed by atoms with van der Waals surface area (Å²) in [4.78, 5) is 0. The molecule has 5 heterocycles. The minimum Gasteiger partial charge on any atom is -0.455 e. The quantitative estimate of drug-likeness (QED) is 0.130. The third-order valence-electron chi connectivity index (χ3n) is 12.9. The van der Waals surface area contributed by atoms with Gasteiger partial charge in [-0.2, -0.15) is 4.57 Å². The molecule has 2 aliphatic rings. The van der Waals surface area contributed by atoms with Crippen molar-refractivity contribution in [2.45, 2.75) is 39.2 Å². The Hall–Kier alpha value is -6.63. The molecule has 0 saturated heterocycles. The van der Waals surface area contributed by atoms with Gasteiger partial charge in [-0.25, -0.2) is 4.39 Å². The summed E-state index contributed by atoms with van der Waals surface area (Å²) in [6.07, 6.45) is 2.43. The maximum atomic E-state index is 17.0. The van der Waals surface area contributed by atoms with E-state index in [-0.39, 0.29) is 5.82 Å². The van der Waals surface area contributed by atoms with Gasteiger partial charge in [-0.3, -0.25) is 0 Å². The molecule has 0 amide bonds. The van der Waals surface area contributed by atoms with Gasteiger partial charge in [0.25, 0.3) is 0 Å². The van der Waals surface area contributed by atoms with E-state index < -0.39 is 13.7 Å². The van der Waals surface area contributed by atoms with Gasteiger partial charge in [0.15, 0.2) is 23.1 Å². The van der Waals surface area contributed by atoms with Gasteiger partial charge in [0.1, 0.15) is 16.8 Å². The number of hydrogen-bond acceptors (Lipinski definition) is 1. The maximum absolute atomic E-state index is 17.0. The molecule has 1 spiro atoms. The van der Waals surface area contributed by atoms with E-state index in [0.717, 1.165) is 77.7 Å². The Morgan fingerprint density at radius 2 is 1.41 bits per heavy atom. The number of pyridine rings is 1. The molecule has 0 aliphatic carbocycles. The monoisotopic (exact) mass is 769 g/mol. The molecular weight excluding hydrogens is 730 g/mol. The lowest BCUT2D eigenvalue weighted by molar-refractivity contribution is -0.944. The Balaban J connectivity index is 1.29. The first-order chi connectivity index (χ1) is 28.1. The van der Waals surface area contributed by atoms with Gasteiger partial charge >= 0.3 is 11.5 Å².